The number of hydrogen-bond acceptors (Lipinski definition) is 8. The van der Waals surface area contributed by atoms with Gasteiger partial charge in [-0.15, -0.1) is 11.5 Å². The standard InChI is InChI=1S/C21H23N9S/c1-5-31-21-26-20-25-14(3)10-17(30(20)27-21)29-9-7-13(2)16(11-29)28(4)19-15-6-8-22-18(15)23-12-24-19/h1,6,8,10,12-13,16H,7,9,11H2,2-4H3,(H,22,23,24)/t13-,16+/m1/s1. The van der Waals surface area contributed by atoms with Crippen molar-refractivity contribution < 1.29 is 0 Å². The third-order valence-corrected chi connectivity index (χ3v) is 6.43. The number of aryl methyl sites for hydroxylation is 1. The average molecular weight is 434 g/mol. The van der Waals surface area contributed by atoms with Crippen LogP contribution in [0.2, 0.25) is 0 Å². The molecule has 0 bridgehead atoms. The van der Waals surface area contributed by atoms with E-state index in [-0.39, 0.29) is 6.04 Å². The number of likely N-dealkylation sites (N-methyl/N-ethyl adjacent to an activating group) is 1. The van der Waals surface area contributed by atoms with E-state index in [0.717, 1.165) is 47.9 Å². The fraction of sp³-hybridized carbons (Fsp3) is 0.381. The molecule has 1 aliphatic heterocycles. The molecule has 0 saturated carbocycles. The van der Waals surface area contributed by atoms with E-state index in [1.807, 2.05) is 19.2 Å². The van der Waals surface area contributed by atoms with Gasteiger partial charge in [-0.1, -0.05) is 6.92 Å². The van der Waals surface area contributed by atoms with E-state index in [0.29, 0.717) is 16.9 Å². The van der Waals surface area contributed by atoms with Crippen LogP contribution >= 0.6 is 11.8 Å². The van der Waals surface area contributed by atoms with Gasteiger partial charge in [-0.2, -0.15) is 9.50 Å². The highest BCUT2D eigenvalue weighted by molar-refractivity contribution is 8.03. The second kappa shape index (κ2) is 7.74. The van der Waals surface area contributed by atoms with Crippen molar-refractivity contribution in [3.8, 4) is 11.7 Å². The van der Waals surface area contributed by atoms with E-state index < -0.39 is 0 Å². The number of anilines is 2. The van der Waals surface area contributed by atoms with Crippen molar-refractivity contribution >= 4 is 40.2 Å². The molecule has 0 radical (unpaired) electrons. The van der Waals surface area contributed by atoms with Gasteiger partial charge < -0.3 is 14.8 Å². The Balaban J connectivity index is 1.50. The third kappa shape index (κ3) is 3.45. The minimum atomic E-state index is 0.272. The van der Waals surface area contributed by atoms with Crippen LogP contribution in [0, 0.1) is 24.5 Å². The average Bonchev–Trinajstić information content (AvgIpc) is 3.39. The highest BCUT2D eigenvalue weighted by Gasteiger charge is 2.32. The summed E-state index contributed by atoms with van der Waals surface area (Å²) in [7, 11) is 2.12. The maximum Gasteiger partial charge on any atom is 0.255 e. The van der Waals surface area contributed by atoms with Gasteiger partial charge in [0.15, 0.2) is 0 Å². The molecule has 0 spiro atoms. The van der Waals surface area contributed by atoms with E-state index in [2.05, 4.69) is 65.1 Å². The Morgan fingerprint density at radius 3 is 3.03 bits per heavy atom. The van der Waals surface area contributed by atoms with E-state index in [9.17, 15) is 0 Å². The van der Waals surface area contributed by atoms with Crippen LogP contribution in [0.5, 0.6) is 0 Å². The molecule has 9 nitrogen and oxygen atoms in total. The molecule has 1 fully saturated rings. The van der Waals surface area contributed by atoms with Crippen molar-refractivity contribution in [2.75, 3.05) is 29.9 Å². The summed E-state index contributed by atoms with van der Waals surface area (Å²) in [4.78, 5) is 25.7. The molecule has 4 aromatic heterocycles. The molecule has 5 rings (SSSR count). The van der Waals surface area contributed by atoms with Gasteiger partial charge in [-0.3, -0.25) is 0 Å². The maximum atomic E-state index is 5.42. The zero-order valence-corrected chi connectivity index (χ0v) is 18.5. The molecule has 0 unspecified atom stereocenters. The van der Waals surface area contributed by atoms with Gasteiger partial charge >= 0.3 is 0 Å². The second-order valence-corrected chi connectivity index (χ2v) is 8.71. The zero-order chi connectivity index (χ0) is 21.5. The van der Waals surface area contributed by atoms with Crippen LogP contribution in [0.1, 0.15) is 19.0 Å². The molecular formula is C21H23N9S. The Kier molecular flexibility index (Phi) is 4.90. The molecule has 1 aliphatic rings. The minimum absolute atomic E-state index is 0.272. The fourth-order valence-corrected chi connectivity index (χ4v) is 4.68. The number of fused-ring (bicyclic) bond motifs is 2. The molecule has 4 aromatic rings. The summed E-state index contributed by atoms with van der Waals surface area (Å²) in [5.41, 5.74) is 1.75. The number of nitrogens with zero attached hydrogens (tertiary/aromatic N) is 8. The van der Waals surface area contributed by atoms with Crippen molar-refractivity contribution in [1.82, 2.24) is 34.5 Å². The number of aromatic amines is 1. The highest BCUT2D eigenvalue weighted by Crippen LogP contribution is 2.31. The molecule has 2 atom stereocenters. The van der Waals surface area contributed by atoms with Crippen molar-refractivity contribution in [2.24, 2.45) is 5.92 Å². The zero-order valence-electron chi connectivity index (χ0n) is 17.6. The Morgan fingerprint density at radius 1 is 1.32 bits per heavy atom. The molecular weight excluding hydrogens is 410 g/mol. The van der Waals surface area contributed by atoms with Crippen LogP contribution < -0.4 is 9.80 Å². The summed E-state index contributed by atoms with van der Waals surface area (Å²) < 4.78 is 1.80. The normalized spacial score (nSPS) is 19.1. The van der Waals surface area contributed by atoms with Crippen LogP contribution in [0.15, 0.2) is 29.8 Å². The summed E-state index contributed by atoms with van der Waals surface area (Å²) >= 11 is 1.17. The summed E-state index contributed by atoms with van der Waals surface area (Å²) in [5, 5.41) is 8.69. The molecule has 158 valence electrons. The lowest BCUT2D eigenvalue weighted by Gasteiger charge is -2.43. The van der Waals surface area contributed by atoms with Crippen LogP contribution in [0.25, 0.3) is 16.8 Å². The minimum Gasteiger partial charge on any atom is -0.354 e. The van der Waals surface area contributed by atoms with Gasteiger partial charge in [0.2, 0.25) is 5.16 Å². The summed E-state index contributed by atoms with van der Waals surface area (Å²) in [6.07, 6.45) is 10.00. The molecule has 10 heteroatoms. The van der Waals surface area contributed by atoms with Gasteiger partial charge in [-0.05, 0) is 30.6 Å². The second-order valence-electron chi connectivity index (χ2n) is 7.91. The van der Waals surface area contributed by atoms with Crippen molar-refractivity contribution in [3.05, 3.63) is 30.4 Å². The first-order chi connectivity index (χ1) is 15.0. The lowest BCUT2D eigenvalue weighted by atomic mass is 9.92. The quantitative estimate of drug-likeness (QED) is 0.388. The number of piperidine rings is 1. The summed E-state index contributed by atoms with van der Waals surface area (Å²) in [6.45, 7) is 6.05. The Morgan fingerprint density at radius 2 is 2.19 bits per heavy atom. The summed E-state index contributed by atoms with van der Waals surface area (Å²) in [5.74, 6) is 3.00. The monoisotopic (exact) mass is 433 g/mol. The van der Waals surface area contributed by atoms with Crippen LogP contribution in [0.4, 0.5) is 11.6 Å². The number of terminal acetylenes is 1. The SMILES string of the molecule is C#CSc1nc2nc(C)cc(N3CC[C@@H](C)[C@@H](N(C)c4ncnc5[nH]ccc45)C3)n2n1. The molecule has 1 saturated heterocycles. The largest absolute Gasteiger partial charge is 0.354 e. The van der Waals surface area contributed by atoms with Crippen molar-refractivity contribution in [1.29, 1.82) is 0 Å². The number of rotatable bonds is 4. The van der Waals surface area contributed by atoms with Gasteiger partial charge in [0, 0.05) is 49.9 Å². The van der Waals surface area contributed by atoms with Gasteiger partial charge in [0.1, 0.15) is 23.6 Å². The van der Waals surface area contributed by atoms with Crippen LogP contribution in [-0.4, -0.2) is 60.7 Å². The lowest BCUT2D eigenvalue weighted by Crippen LogP contribution is -2.51. The maximum absolute atomic E-state index is 5.42. The topological polar surface area (TPSA) is 91.1 Å². The van der Waals surface area contributed by atoms with Gasteiger partial charge in [0.25, 0.3) is 5.78 Å². The van der Waals surface area contributed by atoms with E-state index in [4.69, 9.17) is 6.42 Å². The van der Waals surface area contributed by atoms with Crippen LogP contribution in [0.3, 0.4) is 0 Å². The van der Waals surface area contributed by atoms with E-state index in [1.165, 1.54) is 11.8 Å². The smallest absolute Gasteiger partial charge is 0.255 e. The van der Waals surface area contributed by atoms with Gasteiger partial charge in [0.05, 0.1) is 11.4 Å². The number of H-pyrrole nitrogens is 1. The number of nitrogens with one attached hydrogen (secondary N) is 1. The molecule has 1 N–H and O–H groups in total. The Bertz CT molecular complexity index is 1290. The number of aromatic nitrogens is 7. The fourth-order valence-electron chi connectivity index (χ4n) is 4.33. The summed E-state index contributed by atoms with van der Waals surface area (Å²) in [6, 6.07) is 4.37. The molecule has 5 heterocycles. The highest BCUT2D eigenvalue weighted by atomic mass is 32.2. The lowest BCUT2D eigenvalue weighted by molar-refractivity contribution is 0.365. The van der Waals surface area contributed by atoms with Crippen molar-refractivity contribution in [3.63, 3.8) is 0 Å². The van der Waals surface area contributed by atoms with E-state index >= 15 is 0 Å². The Labute approximate surface area is 184 Å². The molecule has 0 aromatic carbocycles. The first kappa shape index (κ1) is 19.6. The van der Waals surface area contributed by atoms with Crippen LogP contribution in [-0.2, 0) is 0 Å². The predicted octanol–water partition coefficient (Wildman–Crippen LogP) is 2.74. The van der Waals surface area contributed by atoms with E-state index in [1.54, 1.807) is 10.8 Å². The number of thioether (sulfide) groups is 1. The van der Waals surface area contributed by atoms with Crippen molar-refractivity contribution in [2.45, 2.75) is 31.5 Å². The first-order valence-corrected chi connectivity index (χ1v) is 11.0. The first-order valence-electron chi connectivity index (χ1n) is 10.2. The Hall–Kier alpha value is -3.32. The molecule has 0 aliphatic carbocycles. The molecule has 0 amide bonds. The number of hydrogen-bond donors (Lipinski definition) is 1. The van der Waals surface area contributed by atoms with Gasteiger partial charge in [-0.25, -0.2) is 15.0 Å². The third-order valence-electron chi connectivity index (χ3n) is 5.96. The predicted molar refractivity (Wildman–Crippen MR) is 122 cm³/mol. The molecule has 31 heavy (non-hydrogen) atoms.